The molecule has 0 radical (unpaired) electrons. The fourth-order valence-corrected chi connectivity index (χ4v) is 5.12. The van der Waals surface area contributed by atoms with E-state index < -0.39 is 12.2 Å². The monoisotopic (exact) mass is 539 g/mol. The van der Waals surface area contributed by atoms with E-state index in [9.17, 15) is 14.4 Å². The number of rotatable bonds is 7. The number of carbonyl (C=O) groups excluding carboxylic acids is 3. The predicted octanol–water partition coefficient (Wildman–Crippen LogP) is 5.01. The van der Waals surface area contributed by atoms with E-state index in [2.05, 4.69) is 10.6 Å². The Morgan fingerprint density at radius 3 is 2.54 bits per heavy atom. The molecule has 1 aliphatic heterocycles. The number of likely N-dealkylation sites (tertiary alicyclic amines) is 1. The molecular weight excluding hydrogens is 498 g/mol. The van der Waals surface area contributed by atoms with Crippen LogP contribution in [0.4, 0.5) is 15.4 Å². The molecule has 0 unspecified atom stereocenters. The third kappa shape index (κ3) is 7.52. The number of ether oxygens (including phenoxy) is 2. The number of benzene rings is 1. The molecule has 1 aromatic carbocycles. The first-order valence-corrected chi connectivity index (χ1v) is 13.8. The highest BCUT2D eigenvalue weighted by atomic mass is 16.6. The molecule has 2 fully saturated rings. The van der Waals surface area contributed by atoms with Gasteiger partial charge in [0.15, 0.2) is 0 Å². The van der Waals surface area contributed by atoms with Gasteiger partial charge in [-0.05, 0) is 65.9 Å². The van der Waals surface area contributed by atoms with Crippen LogP contribution in [0.5, 0.6) is 0 Å². The van der Waals surface area contributed by atoms with Gasteiger partial charge in [0, 0.05) is 31.1 Å². The number of alkyl carbamates (subject to hydrolysis) is 1. The fourth-order valence-electron chi connectivity index (χ4n) is 5.12. The van der Waals surface area contributed by atoms with Crippen molar-refractivity contribution in [2.45, 2.75) is 90.5 Å². The Balaban J connectivity index is 1.35. The van der Waals surface area contributed by atoms with Crippen LogP contribution in [0.1, 0.15) is 77.5 Å². The third-order valence-corrected chi connectivity index (χ3v) is 7.12. The maximum absolute atomic E-state index is 13.2. The quantitative estimate of drug-likeness (QED) is 0.511. The zero-order chi connectivity index (χ0) is 28.2. The number of carbonyl (C=O) groups is 3. The molecular formula is C29H41N5O5. The van der Waals surface area contributed by atoms with Crippen molar-refractivity contribution >= 4 is 23.9 Å². The second-order valence-corrected chi connectivity index (χ2v) is 11.8. The van der Waals surface area contributed by atoms with E-state index in [1.165, 1.54) is 0 Å². The summed E-state index contributed by atoms with van der Waals surface area (Å²) in [6, 6.07) is 11.5. The van der Waals surface area contributed by atoms with Crippen LogP contribution in [0.2, 0.25) is 0 Å². The van der Waals surface area contributed by atoms with E-state index in [1.54, 1.807) is 4.90 Å². The third-order valence-electron chi connectivity index (χ3n) is 7.12. The molecule has 10 nitrogen and oxygen atoms in total. The summed E-state index contributed by atoms with van der Waals surface area (Å²) in [7, 11) is 0. The van der Waals surface area contributed by atoms with Gasteiger partial charge in [0.2, 0.25) is 5.91 Å². The first-order chi connectivity index (χ1) is 18.5. The standard InChI is InChI=1S/C29H41N5O5/c1-19(2)30-27(36)39-23-12-11-21(15-23)24-16-25(34(32-24)29(3,4)5)31-26(35)22-13-14-33(17-22)28(37)38-18-20-9-7-6-8-10-20/h6-10,16,19,21-23H,11-15,17-18H2,1-5H3,(H,30,36)(H,31,35)/t21-,22-,23+/m0/s1. The molecule has 2 heterocycles. The van der Waals surface area contributed by atoms with Crippen LogP contribution in [0.3, 0.4) is 0 Å². The molecule has 10 heteroatoms. The largest absolute Gasteiger partial charge is 0.446 e. The molecule has 4 rings (SSSR count). The van der Waals surface area contributed by atoms with Gasteiger partial charge in [-0.1, -0.05) is 30.3 Å². The molecule has 1 saturated carbocycles. The second kappa shape index (κ2) is 12.1. The van der Waals surface area contributed by atoms with E-state index in [0.29, 0.717) is 31.7 Å². The minimum Gasteiger partial charge on any atom is -0.446 e. The number of nitrogens with one attached hydrogen (secondary N) is 2. The highest BCUT2D eigenvalue weighted by Gasteiger charge is 2.35. The Kier molecular flexibility index (Phi) is 8.82. The number of amides is 3. The van der Waals surface area contributed by atoms with Crippen LogP contribution in [0.15, 0.2) is 36.4 Å². The van der Waals surface area contributed by atoms with Crippen LogP contribution < -0.4 is 10.6 Å². The maximum Gasteiger partial charge on any atom is 0.410 e. The number of aromatic nitrogens is 2. The Labute approximate surface area is 230 Å². The van der Waals surface area contributed by atoms with Gasteiger partial charge < -0.3 is 25.0 Å². The smallest absolute Gasteiger partial charge is 0.410 e. The molecule has 2 aromatic rings. The Morgan fingerprint density at radius 1 is 1.10 bits per heavy atom. The zero-order valence-electron chi connectivity index (χ0n) is 23.6. The van der Waals surface area contributed by atoms with Gasteiger partial charge in [-0.3, -0.25) is 4.79 Å². The molecule has 212 valence electrons. The molecule has 2 aliphatic rings. The predicted molar refractivity (Wildman–Crippen MR) is 147 cm³/mol. The second-order valence-electron chi connectivity index (χ2n) is 11.8. The van der Waals surface area contributed by atoms with Gasteiger partial charge in [-0.2, -0.15) is 5.10 Å². The number of hydrogen-bond donors (Lipinski definition) is 2. The number of nitrogens with zero attached hydrogens (tertiary/aromatic N) is 3. The van der Waals surface area contributed by atoms with E-state index in [1.807, 2.05) is 75.7 Å². The molecule has 1 aromatic heterocycles. The van der Waals surface area contributed by atoms with Crippen LogP contribution in [0, 0.1) is 5.92 Å². The highest BCUT2D eigenvalue weighted by Crippen LogP contribution is 2.37. The summed E-state index contributed by atoms with van der Waals surface area (Å²) in [6.07, 6.45) is 1.95. The highest BCUT2D eigenvalue weighted by molar-refractivity contribution is 5.92. The minimum atomic E-state index is -0.406. The maximum atomic E-state index is 13.2. The Morgan fingerprint density at radius 2 is 1.85 bits per heavy atom. The van der Waals surface area contributed by atoms with Crippen molar-refractivity contribution in [1.29, 1.82) is 0 Å². The topological polar surface area (TPSA) is 115 Å². The summed E-state index contributed by atoms with van der Waals surface area (Å²) in [5, 5.41) is 10.7. The first kappa shape index (κ1) is 28.4. The average molecular weight is 540 g/mol. The van der Waals surface area contributed by atoms with Gasteiger partial charge >= 0.3 is 12.2 Å². The summed E-state index contributed by atoms with van der Waals surface area (Å²) in [5.41, 5.74) is 1.45. The van der Waals surface area contributed by atoms with Crippen LogP contribution in [-0.4, -0.2) is 58.0 Å². The lowest BCUT2D eigenvalue weighted by atomic mass is 10.0. The van der Waals surface area contributed by atoms with Crippen LogP contribution in [0.25, 0.3) is 0 Å². The van der Waals surface area contributed by atoms with E-state index in [4.69, 9.17) is 14.6 Å². The molecule has 0 spiro atoms. The summed E-state index contributed by atoms with van der Waals surface area (Å²) in [6.45, 7) is 10.9. The van der Waals surface area contributed by atoms with Crippen molar-refractivity contribution < 1.29 is 23.9 Å². The average Bonchev–Trinajstić information content (AvgIpc) is 3.62. The van der Waals surface area contributed by atoms with Crippen molar-refractivity contribution in [3.05, 3.63) is 47.7 Å². The summed E-state index contributed by atoms with van der Waals surface area (Å²) in [4.78, 5) is 39.4. The Hall–Kier alpha value is -3.56. The molecule has 3 atom stereocenters. The van der Waals surface area contributed by atoms with Crippen molar-refractivity contribution in [3.8, 4) is 0 Å². The van der Waals surface area contributed by atoms with E-state index in [-0.39, 0.29) is 42.0 Å². The zero-order valence-corrected chi connectivity index (χ0v) is 23.6. The normalized spacial score (nSPS) is 21.2. The lowest BCUT2D eigenvalue weighted by molar-refractivity contribution is -0.119. The number of hydrogen-bond acceptors (Lipinski definition) is 6. The lowest BCUT2D eigenvalue weighted by Crippen LogP contribution is -2.33. The van der Waals surface area contributed by atoms with Crippen molar-refractivity contribution in [2.24, 2.45) is 5.92 Å². The lowest BCUT2D eigenvalue weighted by Gasteiger charge is -2.23. The molecule has 2 N–H and O–H groups in total. The van der Waals surface area contributed by atoms with E-state index in [0.717, 1.165) is 24.1 Å². The van der Waals surface area contributed by atoms with Crippen LogP contribution in [-0.2, 0) is 26.4 Å². The molecule has 0 bridgehead atoms. The van der Waals surface area contributed by atoms with Crippen LogP contribution >= 0.6 is 0 Å². The van der Waals surface area contributed by atoms with Gasteiger partial charge in [-0.25, -0.2) is 14.3 Å². The Bertz CT molecular complexity index is 1160. The van der Waals surface area contributed by atoms with Crippen molar-refractivity contribution in [2.75, 3.05) is 18.4 Å². The van der Waals surface area contributed by atoms with Gasteiger partial charge in [0.05, 0.1) is 17.2 Å². The number of anilines is 1. The van der Waals surface area contributed by atoms with Crippen molar-refractivity contribution in [3.63, 3.8) is 0 Å². The SMILES string of the molecule is CC(C)NC(=O)O[C@@H]1CC[C@H](c2cc(NC(=O)[C@H]3CCN(C(=O)OCc4ccccc4)C3)n(C(C)(C)C)n2)C1. The fraction of sp³-hybridized carbons (Fsp3) is 0.586. The summed E-state index contributed by atoms with van der Waals surface area (Å²) >= 11 is 0. The minimum absolute atomic E-state index is 0.0234. The molecule has 3 amide bonds. The van der Waals surface area contributed by atoms with E-state index >= 15 is 0 Å². The van der Waals surface area contributed by atoms with Crippen molar-refractivity contribution in [1.82, 2.24) is 20.0 Å². The van der Waals surface area contributed by atoms with Gasteiger partial charge in [0.25, 0.3) is 0 Å². The first-order valence-electron chi connectivity index (χ1n) is 13.8. The summed E-state index contributed by atoms with van der Waals surface area (Å²) < 4.78 is 12.9. The van der Waals surface area contributed by atoms with Gasteiger partial charge in [0.1, 0.15) is 18.5 Å². The summed E-state index contributed by atoms with van der Waals surface area (Å²) in [5.74, 6) is 0.310. The van der Waals surface area contributed by atoms with Gasteiger partial charge in [-0.15, -0.1) is 0 Å². The molecule has 1 saturated heterocycles. The molecule has 1 aliphatic carbocycles. The molecule has 39 heavy (non-hydrogen) atoms.